The molecule has 0 aliphatic rings. The van der Waals surface area contributed by atoms with E-state index in [0.717, 1.165) is 5.56 Å². The molecule has 3 aromatic rings. The van der Waals surface area contributed by atoms with E-state index in [-0.39, 0.29) is 18.8 Å². The van der Waals surface area contributed by atoms with Crippen molar-refractivity contribution in [3.8, 4) is 6.07 Å². The molecule has 0 radical (unpaired) electrons. The molecule has 114 valence electrons. The highest BCUT2D eigenvalue weighted by molar-refractivity contribution is 5.87. The van der Waals surface area contributed by atoms with Gasteiger partial charge in [0.2, 0.25) is 0 Å². The molecule has 0 atom stereocenters. The Kier molecular flexibility index (Phi) is 4.06. The fourth-order valence-corrected chi connectivity index (χ4v) is 1.85. The second-order valence-corrected chi connectivity index (χ2v) is 4.57. The van der Waals surface area contributed by atoms with E-state index in [9.17, 15) is 4.79 Å². The van der Waals surface area contributed by atoms with E-state index in [1.807, 2.05) is 6.07 Å². The predicted molar refractivity (Wildman–Crippen MR) is 73.7 cm³/mol. The first-order valence-electron chi connectivity index (χ1n) is 6.57. The quantitative estimate of drug-likeness (QED) is 0.638. The van der Waals surface area contributed by atoms with Gasteiger partial charge in [0.25, 0.3) is 0 Å². The molecule has 0 saturated carbocycles. The van der Waals surface area contributed by atoms with Crippen molar-refractivity contribution in [2.75, 3.05) is 0 Å². The van der Waals surface area contributed by atoms with E-state index >= 15 is 0 Å². The van der Waals surface area contributed by atoms with Gasteiger partial charge in [0.15, 0.2) is 11.5 Å². The molecule has 23 heavy (non-hydrogen) atoms. The maximum Gasteiger partial charge on any atom is 0.360 e. The number of hydrogen-bond acceptors (Lipinski definition) is 8. The second kappa shape index (κ2) is 6.48. The van der Waals surface area contributed by atoms with Crippen LogP contribution in [0.2, 0.25) is 0 Å². The zero-order valence-corrected chi connectivity index (χ0v) is 11.8. The highest BCUT2D eigenvalue weighted by Gasteiger charge is 2.15. The maximum absolute atomic E-state index is 11.9. The molecule has 1 aromatic carbocycles. The summed E-state index contributed by atoms with van der Waals surface area (Å²) in [7, 11) is 0. The van der Waals surface area contributed by atoms with Crippen molar-refractivity contribution in [3.63, 3.8) is 0 Å². The van der Waals surface area contributed by atoms with E-state index < -0.39 is 5.97 Å². The van der Waals surface area contributed by atoms with Gasteiger partial charge in [0, 0.05) is 6.07 Å². The van der Waals surface area contributed by atoms with Gasteiger partial charge in [-0.15, -0.1) is 5.10 Å². The lowest BCUT2D eigenvalue weighted by molar-refractivity contribution is 0.0460. The van der Waals surface area contributed by atoms with Crippen molar-refractivity contribution in [2.45, 2.75) is 13.2 Å². The highest BCUT2D eigenvalue weighted by Crippen LogP contribution is 2.10. The van der Waals surface area contributed by atoms with Crippen LogP contribution in [0.4, 0.5) is 0 Å². The Labute approximate surface area is 130 Å². The van der Waals surface area contributed by atoms with E-state index in [0.29, 0.717) is 11.3 Å². The number of carbonyl (C=O) groups excluding carboxylic acids is 1. The second-order valence-electron chi connectivity index (χ2n) is 4.57. The van der Waals surface area contributed by atoms with Gasteiger partial charge in [-0.25, -0.2) is 9.48 Å². The molecule has 0 fully saturated rings. The molecule has 0 N–H and O–H groups in total. The normalized spacial score (nSPS) is 10.2. The van der Waals surface area contributed by atoms with E-state index in [1.54, 1.807) is 24.3 Å². The minimum absolute atomic E-state index is 0.0452. The predicted octanol–water partition coefficient (Wildman–Crippen LogP) is 0.938. The standard InChI is InChI=1S/C14H10N6O3/c15-6-10-2-1-3-11(4-10)8-22-14(21)13-5-12(23-17-13)7-20-9-16-18-19-20/h1-5,9H,7-8H2. The highest BCUT2D eigenvalue weighted by atomic mass is 16.5. The first-order valence-corrected chi connectivity index (χ1v) is 6.57. The molecule has 2 aromatic heterocycles. The third-order valence-corrected chi connectivity index (χ3v) is 2.90. The molecule has 0 spiro atoms. The summed E-state index contributed by atoms with van der Waals surface area (Å²) in [5.41, 5.74) is 1.28. The molecule has 9 heteroatoms. The minimum Gasteiger partial charge on any atom is -0.456 e. The monoisotopic (exact) mass is 310 g/mol. The molecule has 0 saturated heterocycles. The van der Waals surface area contributed by atoms with E-state index in [2.05, 4.69) is 20.7 Å². The van der Waals surface area contributed by atoms with Gasteiger partial charge in [0.05, 0.1) is 11.6 Å². The summed E-state index contributed by atoms with van der Waals surface area (Å²) in [5.74, 6) is -0.185. The summed E-state index contributed by atoms with van der Waals surface area (Å²) < 4.78 is 11.6. The summed E-state index contributed by atoms with van der Waals surface area (Å²) in [6.45, 7) is 0.307. The molecule has 9 nitrogen and oxygen atoms in total. The van der Waals surface area contributed by atoms with Gasteiger partial charge in [-0.1, -0.05) is 17.3 Å². The third-order valence-electron chi connectivity index (χ3n) is 2.90. The molecular formula is C14H10N6O3. The Balaban J connectivity index is 1.60. The van der Waals surface area contributed by atoms with Crippen molar-refractivity contribution >= 4 is 5.97 Å². The lowest BCUT2D eigenvalue weighted by Crippen LogP contribution is -2.05. The lowest BCUT2D eigenvalue weighted by atomic mass is 10.1. The van der Waals surface area contributed by atoms with Gasteiger partial charge >= 0.3 is 5.97 Å². The molecule has 2 heterocycles. The van der Waals surface area contributed by atoms with Crippen LogP contribution in [0, 0.1) is 11.3 Å². The first-order chi connectivity index (χ1) is 11.2. The fourth-order valence-electron chi connectivity index (χ4n) is 1.85. The summed E-state index contributed by atoms with van der Waals surface area (Å²) in [4.78, 5) is 11.9. The third kappa shape index (κ3) is 3.56. The Morgan fingerprint density at radius 3 is 3.09 bits per heavy atom. The number of nitriles is 1. The first kappa shape index (κ1) is 14.4. The fraction of sp³-hybridized carbons (Fsp3) is 0.143. The van der Waals surface area contributed by atoms with Crippen LogP contribution in [0.1, 0.15) is 27.4 Å². The van der Waals surface area contributed by atoms with Crippen molar-refractivity contribution in [1.82, 2.24) is 25.4 Å². The number of carbonyl (C=O) groups is 1. The number of esters is 1. The van der Waals surface area contributed by atoms with Crippen molar-refractivity contribution < 1.29 is 14.1 Å². The Hall–Kier alpha value is -3.54. The number of rotatable bonds is 5. The number of nitrogens with zero attached hydrogens (tertiary/aromatic N) is 6. The molecule has 0 bridgehead atoms. The average Bonchev–Trinajstić information content (AvgIpc) is 3.25. The minimum atomic E-state index is -0.612. The van der Waals surface area contributed by atoms with Crippen LogP contribution in [-0.4, -0.2) is 31.3 Å². The zero-order valence-electron chi connectivity index (χ0n) is 11.8. The number of tetrazole rings is 1. The van der Waals surface area contributed by atoms with Crippen LogP contribution in [0.3, 0.4) is 0 Å². The van der Waals surface area contributed by atoms with E-state index in [1.165, 1.54) is 17.1 Å². The number of aromatic nitrogens is 5. The summed E-state index contributed by atoms with van der Waals surface area (Å²) in [6.07, 6.45) is 1.42. The van der Waals surface area contributed by atoms with Crippen LogP contribution in [-0.2, 0) is 17.9 Å². The van der Waals surface area contributed by atoms with Crippen molar-refractivity contribution in [1.29, 1.82) is 5.26 Å². The van der Waals surface area contributed by atoms with Crippen LogP contribution in [0.15, 0.2) is 41.2 Å². The molecule has 0 aliphatic heterocycles. The van der Waals surface area contributed by atoms with Crippen LogP contribution in [0.25, 0.3) is 0 Å². The average molecular weight is 310 g/mol. The molecule has 3 rings (SSSR count). The van der Waals surface area contributed by atoms with Crippen LogP contribution >= 0.6 is 0 Å². The Bertz CT molecular complexity index is 850. The Morgan fingerprint density at radius 2 is 2.30 bits per heavy atom. The molecular weight excluding hydrogens is 300 g/mol. The van der Waals surface area contributed by atoms with Crippen molar-refractivity contribution in [2.24, 2.45) is 0 Å². The number of ether oxygens (including phenoxy) is 1. The van der Waals surface area contributed by atoms with Crippen molar-refractivity contribution in [3.05, 3.63) is 59.2 Å². The summed E-state index contributed by atoms with van der Waals surface area (Å²) in [6, 6.07) is 10.3. The SMILES string of the molecule is N#Cc1cccc(COC(=O)c2cc(Cn3cnnn3)on2)c1. The summed E-state index contributed by atoms with van der Waals surface area (Å²) >= 11 is 0. The number of benzene rings is 1. The molecule has 0 unspecified atom stereocenters. The maximum atomic E-state index is 11.9. The zero-order chi connectivity index (χ0) is 16.1. The Morgan fingerprint density at radius 1 is 1.39 bits per heavy atom. The smallest absolute Gasteiger partial charge is 0.360 e. The molecule has 0 aliphatic carbocycles. The van der Waals surface area contributed by atoms with Crippen LogP contribution < -0.4 is 0 Å². The van der Waals surface area contributed by atoms with E-state index in [4.69, 9.17) is 14.5 Å². The lowest BCUT2D eigenvalue weighted by Gasteiger charge is -2.02. The topological polar surface area (TPSA) is 120 Å². The van der Waals surface area contributed by atoms with Gasteiger partial charge in [-0.3, -0.25) is 0 Å². The summed E-state index contributed by atoms with van der Waals surface area (Å²) in [5, 5.41) is 23.2. The molecule has 0 amide bonds. The largest absolute Gasteiger partial charge is 0.456 e. The van der Waals surface area contributed by atoms with Gasteiger partial charge < -0.3 is 9.26 Å². The number of hydrogen-bond donors (Lipinski definition) is 0. The van der Waals surface area contributed by atoms with Gasteiger partial charge in [-0.2, -0.15) is 5.26 Å². The van der Waals surface area contributed by atoms with Gasteiger partial charge in [0.1, 0.15) is 19.5 Å². The van der Waals surface area contributed by atoms with Crippen LogP contribution in [0.5, 0.6) is 0 Å². The van der Waals surface area contributed by atoms with Gasteiger partial charge in [-0.05, 0) is 28.1 Å².